The maximum atomic E-state index is 13.1. The van der Waals surface area contributed by atoms with Crippen LogP contribution >= 0.6 is 0 Å². The molecule has 12 aliphatic rings. The number of nitrogens with one attached hydrogen (secondary N) is 2. The van der Waals surface area contributed by atoms with Crippen molar-refractivity contribution in [2.45, 2.75) is 174 Å². The molecule has 4 saturated heterocycles. The molecule has 0 amide bonds. The Balaban J connectivity index is 0.000000146. The zero-order valence-electron chi connectivity index (χ0n) is 38.2. The summed E-state index contributed by atoms with van der Waals surface area (Å²) in [7, 11) is 0. The van der Waals surface area contributed by atoms with Crippen LogP contribution in [0.3, 0.4) is 0 Å². The molecule has 8 aliphatic carbocycles. The summed E-state index contributed by atoms with van der Waals surface area (Å²) < 4.78 is 24.1. The van der Waals surface area contributed by atoms with Crippen LogP contribution < -0.4 is 0 Å². The molecule has 18 atom stereocenters. The number of aliphatic hydroxyl groups is 10. The Morgan fingerprint density at radius 3 is 1.58 bits per heavy atom. The molecule has 360 valence electrons. The van der Waals surface area contributed by atoms with Gasteiger partial charge in [-0.2, -0.15) is 0 Å². The molecule has 12 N–H and O–H groups in total. The number of rotatable bonds is 6. The molecule has 2 spiro atoms. The topological polar surface area (TPSA) is 305 Å². The van der Waals surface area contributed by atoms with E-state index in [9.17, 15) is 60.7 Å². The van der Waals surface area contributed by atoms with Crippen LogP contribution in [-0.4, -0.2) is 153 Å². The smallest absolute Gasteiger partial charge is 0.355 e. The van der Waals surface area contributed by atoms with Gasteiger partial charge < -0.3 is 80.0 Å². The van der Waals surface area contributed by atoms with E-state index in [0.717, 1.165) is 0 Å². The molecule has 6 heterocycles. The Hall–Kier alpha value is -3.50. The van der Waals surface area contributed by atoms with E-state index in [1.54, 1.807) is 84.3 Å². The molecular weight excluding hydrogens is 861 g/mol. The first-order valence-electron chi connectivity index (χ1n) is 23.0. The first-order chi connectivity index (χ1) is 30.4. The van der Waals surface area contributed by atoms with Crippen molar-refractivity contribution in [3.63, 3.8) is 0 Å². The van der Waals surface area contributed by atoms with E-state index in [1.165, 1.54) is 32.1 Å². The van der Waals surface area contributed by atoms with Gasteiger partial charge in [0.05, 0.1) is 10.8 Å². The minimum atomic E-state index is -2.37. The molecule has 0 unspecified atom stereocenters. The number of ether oxygens (including phenoxy) is 4. The Kier molecular flexibility index (Phi) is 8.00. The average molecular weight is 923 g/mol. The lowest BCUT2D eigenvalue weighted by molar-refractivity contribution is -0.371. The number of carbonyl (C=O) groups excluding carboxylic acids is 2. The number of esters is 2. The second-order valence-corrected chi connectivity index (χ2v) is 22.8. The monoisotopic (exact) mass is 922 g/mol. The zero-order chi connectivity index (χ0) is 48.2. The van der Waals surface area contributed by atoms with Crippen molar-refractivity contribution in [2.75, 3.05) is 0 Å². The summed E-state index contributed by atoms with van der Waals surface area (Å²) in [4.78, 5) is 31.7. The fourth-order valence-electron chi connectivity index (χ4n) is 17.8. The van der Waals surface area contributed by atoms with Crippen LogP contribution in [0.25, 0.3) is 0 Å². The van der Waals surface area contributed by atoms with Gasteiger partial charge in [0.25, 0.3) is 0 Å². The molecular formula is C48H62N2O16. The van der Waals surface area contributed by atoms with Gasteiger partial charge in [0.15, 0.2) is 29.4 Å². The number of H-pyrrole nitrogens is 2. The SMILES string of the molecule is CC(C)[C@@]1(O)[C@@H](OC(=O)c2ccc[nH]2)[C@@]2(O)[C@@]3(C)C[C@]4(O)O[C@@]5(C=CCC[C@]35O)[C@@]2(O)[C@@]14C.CC(C)[C@@]1(O)[C@@H](OC(=O)c2ccc[nH]2)[C@@]2(O)[C@@]3(C)C[C@]4(O)O[C@@]5(CC=CC[C@]35O)[C@@]2(O)[C@@]14C. The number of allylic oxidation sites excluding steroid dienone is 1. The first-order valence-corrected chi connectivity index (χ1v) is 23.0. The van der Waals surface area contributed by atoms with Crippen LogP contribution in [0.2, 0.25) is 0 Å². The van der Waals surface area contributed by atoms with Crippen molar-refractivity contribution < 1.29 is 79.6 Å². The van der Waals surface area contributed by atoms with Crippen LogP contribution in [0.15, 0.2) is 61.0 Å². The van der Waals surface area contributed by atoms with E-state index in [1.807, 2.05) is 0 Å². The third-order valence-corrected chi connectivity index (χ3v) is 20.9. The van der Waals surface area contributed by atoms with Crippen molar-refractivity contribution in [3.05, 3.63) is 72.4 Å². The third-order valence-electron chi connectivity index (χ3n) is 20.9. The predicted molar refractivity (Wildman–Crippen MR) is 225 cm³/mol. The summed E-state index contributed by atoms with van der Waals surface area (Å²) in [6, 6.07) is 6.22. The fraction of sp³-hybridized carbons (Fsp3) is 0.708. The first kappa shape index (κ1) is 45.0. The molecule has 18 heteroatoms. The number of hydrogen-bond acceptors (Lipinski definition) is 16. The Labute approximate surface area is 380 Å². The van der Waals surface area contributed by atoms with Crippen molar-refractivity contribution >= 4 is 11.9 Å². The van der Waals surface area contributed by atoms with E-state index >= 15 is 0 Å². The minimum Gasteiger partial charge on any atom is -0.451 e. The maximum Gasteiger partial charge on any atom is 0.355 e. The van der Waals surface area contributed by atoms with Gasteiger partial charge in [-0.25, -0.2) is 9.59 Å². The Morgan fingerprint density at radius 2 is 1.09 bits per heavy atom. The van der Waals surface area contributed by atoms with Crippen molar-refractivity contribution in [1.29, 1.82) is 0 Å². The Morgan fingerprint density at radius 1 is 0.636 bits per heavy atom. The molecule has 6 saturated carbocycles. The van der Waals surface area contributed by atoms with E-state index < -0.39 is 125 Å². The molecule has 66 heavy (non-hydrogen) atoms. The summed E-state index contributed by atoms with van der Waals surface area (Å²) in [5.74, 6) is -7.22. The van der Waals surface area contributed by atoms with Crippen molar-refractivity contribution in [2.24, 2.45) is 33.5 Å². The quantitative estimate of drug-likeness (QED) is 0.141. The molecule has 10 fully saturated rings. The number of carbonyl (C=O) groups is 2. The van der Waals surface area contributed by atoms with Crippen LogP contribution in [0.1, 0.15) is 115 Å². The molecule has 0 aromatic carbocycles. The van der Waals surface area contributed by atoms with E-state index in [0.29, 0.717) is 6.42 Å². The number of aromatic nitrogens is 2. The molecule has 18 nitrogen and oxygen atoms in total. The second-order valence-electron chi connectivity index (χ2n) is 22.8. The van der Waals surface area contributed by atoms with Crippen LogP contribution in [0.5, 0.6) is 0 Å². The van der Waals surface area contributed by atoms with Gasteiger partial charge in [0.1, 0.15) is 61.8 Å². The number of aromatic amines is 2. The van der Waals surface area contributed by atoms with Crippen LogP contribution in [0, 0.1) is 33.5 Å². The van der Waals surface area contributed by atoms with Gasteiger partial charge in [0, 0.05) is 42.5 Å². The normalized spacial score (nSPS) is 57.7. The fourth-order valence-corrected chi connectivity index (χ4v) is 17.8. The van der Waals surface area contributed by atoms with Gasteiger partial charge in [-0.3, -0.25) is 0 Å². The lowest BCUT2D eigenvalue weighted by Gasteiger charge is -2.59. The highest BCUT2D eigenvalue weighted by atomic mass is 16.7. The van der Waals surface area contributed by atoms with E-state index in [2.05, 4.69) is 9.97 Å². The molecule has 14 rings (SSSR count). The third kappa shape index (κ3) is 3.47. The summed E-state index contributed by atoms with van der Waals surface area (Å²) in [5, 5.41) is 123. The number of hydrogen-bond donors (Lipinski definition) is 12. The minimum absolute atomic E-state index is 0.0151. The lowest BCUT2D eigenvalue weighted by atomic mass is 9.52. The van der Waals surface area contributed by atoms with Crippen molar-refractivity contribution in [3.8, 4) is 0 Å². The second kappa shape index (κ2) is 11.7. The van der Waals surface area contributed by atoms with E-state index in [-0.39, 0.29) is 43.5 Å². The Bertz CT molecular complexity index is 2540. The summed E-state index contributed by atoms with van der Waals surface area (Å²) >= 11 is 0. The molecule has 4 aliphatic heterocycles. The summed E-state index contributed by atoms with van der Waals surface area (Å²) in [5.41, 5.74) is -27.6. The highest BCUT2D eigenvalue weighted by Crippen LogP contribution is 2.92. The maximum absolute atomic E-state index is 13.1. The highest BCUT2D eigenvalue weighted by molar-refractivity contribution is 5.88. The standard InChI is InChI=1S/2C24H31NO8/c2*1-13(2)22(29)16(32-15(26)14-8-7-11-25-14)23(30)17(3)12-21(28)18(22,4)24(23,31)20(33-21)10-6-5-9-19(17,20)27/h6-8,10-11,13,16,25,27-31H,5,9,12H2,1-4H3;5-8,11,13,16,25,27-31H,9-10,12H2,1-4H3/t2*16-,17+,18-,19+,20-,21+,22-,23-,24+/m11/s1. The van der Waals surface area contributed by atoms with Gasteiger partial charge in [0.2, 0.25) is 0 Å². The largest absolute Gasteiger partial charge is 0.451 e. The summed E-state index contributed by atoms with van der Waals surface area (Å²) in [6.07, 6.45) is 6.70. The van der Waals surface area contributed by atoms with Crippen LogP contribution in [-0.2, 0) is 18.9 Å². The van der Waals surface area contributed by atoms with Gasteiger partial charge in [-0.1, -0.05) is 65.8 Å². The van der Waals surface area contributed by atoms with Crippen LogP contribution in [0.4, 0.5) is 0 Å². The molecule has 2 aromatic heterocycles. The van der Waals surface area contributed by atoms with Gasteiger partial charge in [-0.15, -0.1) is 0 Å². The predicted octanol–water partition coefficient (Wildman–Crippen LogP) is 0.743. The molecule has 2 aromatic rings. The lowest BCUT2D eigenvalue weighted by Crippen LogP contribution is -2.73. The van der Waals surface area contributed by atoms with E-state index in [4.69, 9.17) is 18.9 Å². The average Bonchev–Trinajstić information content (AvgIpc) is 4.08. The van der Waals surface area contributed by atoms with Crippen molar-refractivity contribution in [1.82, 2.24) is 9.97 Å². The zero-order valence-corrected chi connectivity index (χ0v) is 38.2. The summed E-state index contributed by atoms with van der Waals surface area (Å²) in [6.45, 7) is 12.8. The van der Waals surface area contributed by atoms with Gasteiger partial charge >= 0.3 is 11.9 Å². The van der Waals surface area contributed by atoms with Gasteiger partial charge in [-0.05, 0) is 69.2 Å². The molecule has 12 bridgehead atoms. The molecule has 0 radical (unpaired) electrons. The highest BCUT2D eigenvalue weighted by Gasteiger charge is 3.10.